The van der Waals surface area contributed by atoms with Crippen molar-refractivity contribution in [3.8, 4) is 0 Å². The molecule has 0 aliphatic carbocycles. The third-order valence-electron chi connectivity index (χ3n) is 2.82. The number of rotatable bonds is 6. The van der Waals surface area contributed by atoms with Crippen LogP contribution in [0.4, 0.5) is 5.69 Å². The van der Waals surface area contributed by atoms with E-state index in [0.717, 1.165) is 30.9 Å². The third kappa shape index (κ3) is 3.30. The molecule has 2 rings (SSSR count). The van der Waals surface area contributed by atoms with Crippen molar-refractivity contribution < 1.29 is 4.74 Å². The number of benzene rings is 1. The Kier molecular flexibility index (Phi) is 4.30. The van der Waals surface area contributed by atoms with Crippen LogP contribution in [0.15, 0.2) is 30.6 Å². The van der Waals surface area contributed by atoms with Crippen LogP contribution in [0.1, 0.15) is 11.4 Å². The fourth-order valence-electron chi connectivity index (χ4n) is 1.85. The molecule has 5 heteroatoms. The van der Waals surface area contributed by atoms with Gasteiger partial charge in [-0.3, -0.25) is 0 Å². The fraction of sp³-hybridized carbons (Fsp3) is 0.385. The number of hydrogen-bond donors (Lipinski definition) is 1. The van der Waals surface area contributed by atoms with Crippen molar-refractivity contribution >= 4 is 5.69 Å². The maximum absolute atomic E-state index is 5.75. The van der Waals surface area contributed by atoms with Gasteiger partial charge in [-0.1, -0.05) is 12.1 Å². The van der Waals surface area contributed by atoms with Crippen molar-refractivity contribution in [2.24, 2.45) is 0 Å². The summed E-state index contributed by atoms with van der Waals surface area (Å²) < 4.78 is 7.08. The second-order valence-electron chi connectivity index (χ2n) is 4.18. The van der Waals surface area contributed by atoms with Crippen molar-refractivity contribution in [3.63, 3.8) is 0 Å². The van der Waals surface area contributed by atoms with Crippen LogP contribution in [0.25, 0.3) is 0 Å². The summed E-state index contributed by atoms with van der Waals surface area (Å²) in [5, 5.41) is 8.07. The molecule has 5 nitrogen and oxygen atoms in total. The average Bonchev–Trinajstić information content (AvgIpc) is 2.81. The molecular formula is C13H18N4O. The van der Waals surface area contributed by atoms with E-state index < -0.39 is 0 Å². The van der Waals surface area contributed by atoms with Crippen molar-refractivity contribution in [1.29, 1.82) is 0 Å². The Labute approximate surface area is 107 Å². The molecule has 2 aromatic rings. The first kappa shape index (κ1) is 12.6. The molecule has 1 aromatic carbocycles. The highest BCUT2D eigenvalue weighted by Gasteiger charge is 2.04. The average molecular weight is 246 g/mol. The molecule has 0 unspecified atom stereocenters. The summed E-state index contributed by atoms with van der Waals surface area (Å²) in [6.07, 6.45) is 3.51. The monoisotopic (exact) mass is 246 g/mol. The van der Waals surface area contributed by atoms with Gasteiger partial charge in [0.25, 0.3) is 0 Å². The number of aryl methyl sites for hydroxylation is 2. The Hall–Kier alpha value is -1.88. The number of nitrogen functional groups attached to an aromatic ring is 1. The molecule has 0 bridgehead atoms. The summed E-state index contributed by atoms with van der Waals surface area (Å²) in [7, 11) is 1.69. The van der Waals surface area contributed by atoms with E-state index in [9.17, 15) is 0 Å². The van der Waals surface area contributed by atoms with Crippen LogP contribution in [-0.2, 0) is 24.1 Å². The number of hydrogen-bond acceptors (Lipinski definition) is 4. The fourth-order valence-corrected chi connectivity index (χ4v) is 1.85. The molecule has 1 heterocycles. The molecule has 0 saturated carbocycles. The first-order valence-corrected chi connectivity index (χ1v) is 5.99. The molecule has 0 atom stereocenters. The van der Waals surface area contributed by atoms with Gasteiger partial charge in [0.1, 0.15) is 12.2 Å². The predicted molar refractivity (Wildman–Crippen MR) is 70.2 cm³/mol. The van der Waals surface area contributed by atoms with Crippen molar-refractivity contribution in [3.05, 3.63) is 42.0 Å². The van der Waals surface area contributed by atoms with Gasteiger partial charge < -0.3 is 15.0 Å². The lowest BCUT2D eigenvalue weighted by Crippen LogP contribution is -2.08. The molecule has 0 amide bonds. The Morgan fingerprint density at radius 2 is 2.22 bits per heavy atom. The van der Waals surface area contributed by atoms with Crippen LogP contribution in [0.5, 0.6) is 0 Å². The van der Waals surface area contributed by atoms with Gasteiger partial charge in [-0.15, -0.1) is 10.2 Å². The zero-order valence-corrected chi connectivity index (χ0v) is 10.5. The molecule has 0 radical (unpaired) electrons. The predicted octanol–water partition coefficient (Wildman–Crippen LogP) is 1.29. The van der Waals surface area contributed by atoms with Gasteiger partial charge in [0.15, 0.2) is 0 Å². The van der Waals surface area contributed by atoms with Gasteiger partial charge in [0, 0.05) is 25.8 Å². The number of ether oxygens (including phenoxy) is 1. The third-order valence-corrected chi connectivity index (χ3v) is 2.82. The van der Waals surface area contributed by atoms with Crippen LogP contribution >= 0.6 is 0 Å². The number of nitrogens with zero attached hydrogens (tertiary/aromatic N) is 3. The molecule has 0 spiro atoms. The van der Waals surface area contributed by atoms with Crippen LogP contribution in [0, 0.1) is 0 Å². The quantitative estimate of drug-likeness (QED) is 0.780. The van der Waals surface area contributed by atoms with E-state index in [0.29, 0.717) is 6.61 Å². The Bertz CT molecular complexity index is 495. The minimum absolute atomic E-state index is 0.670. The van der Waals surface area contributed by atoms with Crippen LogP contribution in [0.3, 0.4) is 0 Å². The molecule has 2 N–H and O–H groups in total. The number of anilines is 1. The lowest BCUT2D eigenvalue weighted by atomic mass is 10.1. The molecule has 0 aliphatic rings. The maximum Gasteiger partial charge on any atom is 0.133 e. The molecule has 96 valence electrons. The lowest BCUT2D eigenvalue weighted by molar-refractivity contribution is 0.186. The number of methoxy groups -OCH3 is 1. The minimum atomic E-state index is 0.670. The Morgan fingerprint density at radius 1 is 1.33 bits per heavy atom. The van der Waals surface area contributed by atoms with E-state index in [1.807, 2.05) is 22.8 Å². The summed E-state index contributed by atoms with van der Waals surface area (Å²) in [5.74, 6) is 0.981. The van der Waals surface area contributed by atoms with E-state index in [4.69, 9.17) is 10.5 Å². The van der Waals surface area contributed by atoms with E-state index >= 15 is 0 Å². The summed E-state index contributed by atoms with van der Waals surface area (Å²) >= 11 is 0. The first-order valence-electron chi connectivity index (χ1n) is 5.99. The van der Waals surface area contributed by atoms with E-state index in [1.54, 1.807) is 13.4 Å². The smallest absolute Gasteiger partial charge is 0.133 e. The number of aromatic nitrogens is 3. The highest BCUT2D eigenvalue weighted by atomic mass is 16.5. The first-order chi connectivity index (χ1) is 8.79. The lowest BCUT2D eigenvalue weighted by Gasteiger charge is -2.06. The molecule has 1 aromatic heterocycles. The molecular weight excluding hydrogens is 228 g/mol. The molecule has 0 saturated heterocycles. The second-order valence-corrected chi connectivity index (χ2v) is 4.18. The summed E-state index contributed by atoms with van der Waals surface area (Å²) in [6.45, 7) is 1.46. The second kappa shape index (κ2) is 6.16. The van der Waals surface area contributed by atoms with Gasteiger partial charge in [-0.2, -0.15) is 0 Å². The molecule has 0 fully saturated rings. The Morgan fingerprint density at radius 3 is 3.00 bits per heavy atom. The van der Waals surface area contributed by atoms with Gasteiger partial charge in [0.05, 0.1) is 6.61 Å². The SMILES string of the molecule is COCCn1cnnc1CCc1cccc(N)c1. The van der Waals surface area contributed by atoms with Crippen LogP contribution < -0.4 is 5.73 Å². The van der Waals surface area contributed by atoms with Crippen molar-refractivity contribution in [2.75, 3.05) is 19.5 Å². The van der Waals surface area contributed by atoms with Crippen LogP contribution in [0.2, 0.25) is 0 Å². The highest BCUT2D eigenvalue weighted by molar-refractivity contribution is 5.40. The van der Waals surface area contributed by atoms with Crippen LogP contribution in [-0.4, -0.2) is 28.5 Å². The number of nitrogens with two attached hydrogens (primary N) is 1. The largest absolute Gasteiger partial charge is 0.399 e. The van der Waals surface area contributed by atoms with Gasteiger partial charge in [0.2, 0.25) is 0 Å². The van der Waals surface area contributed by atoms with E-state index in [-0.39, 0.29) is 0 Å². The van der Waals surface area contributed by atoms with Crippen molar-refractivity contribution in [1.82, 2.24) is 14.8 Å². The van der Waals surface area contributed by atoms with E-state index in [1.165, 1.54) is 5.56 Å². The standard InChI is InChI=1S/C13H18N4O/c1-18-8-7-17-10-15-16-13(17)6-5-11-3-2-4-12(14)9-11/h2-4,9-10H,5-8,14H2,1H3. The van der Waals surface area contributed by atoms with Crippen molar-refractivity contribution in [2.45, 2.75) is 19.4 Å². The van der Waals surface area contributed by atoms with Gasteiger partial charge in [-0.05, 0) is 24.1 Å². The molecule has 18 heavy (non-hydrogen) atoms. The Balaban J connectivity index is 1.95. The highest BCUT2D eigenvalue weighted by Crippen LogP contribution is 2.09. The van der Waals surface area contributed by atoms with Gasteiger partial charge >= 0.3 is 0 Å². The van der Waals surface area contributed by atoms with Gasteiger partial charge in [-0.25, -0.2) is 0 Å². The summed E-state index contributed by atoms with van der Waals surface area (Å²) in [4.78, 5) is 0. The van der Waals surface area contributed by atoms with E-state index in [2.05, 4.69) is 16.3 Å². The maximum atomic E-state index is 5.75. The zero-order chi connectivity index (χ0) is 12.8. The summed E-state index contributed by atoms with van der Waals surface area (Å²) in [5.41, 5.74) is 7.77. The summed E-state index contributed by atoms with van der Waals surface area (Å²) in [6, 6.07) is 7.94. The minimum Gasteiger partial charge on any atom is -0.399 e. The normalized spacial score (nSPS) is 10.7. The zero-order valence-electron chi connectivity index (χ0n) is 10.5. The molecule has 0 aliphatic heterocycles. The topological polar surface area (TPSA) is 66.0 Å².